The molecule has 0 aliphatic rings. The molecule has 0 bridgehead atoms. The number of hydrogen-bond donors (Lipinski definition) is 1. The predicted octanol–water partition coefficient (Wildman–Crippen LogP) is 2.49. The van der Waals surface area contributed by atoms with Crippen molar-refractivity contribution in [3.63, 3.8) is 0 Å². The van der Waals surface area contributed by atoms with Gasteiger partial charge in [-0.3, -0.25) is 0 Å². The summed E-state index contributed by atoms with van der Waals surface area (Å²) in [6, 6.07) is 4.44. The van der Waals surface area contributed by atoms with E-state index in [1.807, 2.05) is 7.05 Å². The van der Waals surface area contributed by atoms with Gasteiger partial charge in [0.05, 0.1) is 29.3 Å². The van der Waals surface area contributed by atoms with E-state index < -0.39 is 11.9 Å². The van der Waals surface area contributed by atoms with Crippen molar-refractivity contribution in [2.24, 2.45) is 7.05 Å². The van der Waals surface area contributed by atoms with Crippen LogP contribution in [0.25, 0.3) is 0 Å². The van der Waals surface area contributed by atoms with E-state index in [0.29, 0.717) is 12.1 Å². The van der Waals surface area contributed by atoms with Crippen molar-refractivity contribution in [3.05, 3.63) is 52.8 Å². The van der Waals surface area contributed by atoms with Crippen LogP contribution in [-0.4, -0.2) is 14.7 Å². The van der Waals surface area contributed by atoms with Gasteiger partial charge in [-0.15, -0.1) is 0 Å². The van der Waals surface area contributed by atoms with Crippen molar-refractivity contribution in [1.82, 2.24) is 9.55 Å². The molecule has 2 rings (SSSR count). The fraction of sp³-hybridized carbons (Fsp3) is 0.250. The van der Waals surface area contributed by atoms with Crippen molar-refractivity contribution < 1.29 is 9.50 Å². The minimum absolute atomic E-state index is 0.0692. The maximum absolute atomic E-state index is 13.0. The average Bonchev–Trinajstić information content (AvgIpc) is 2.70. The molecular formula is C12H12ClFN2O. The zero-order chi connectivity index (χ0) is 12.4. The molecule has 3 nitrogen and oxygen atoms in total. The second kappa shape index (κ2) is 4.85. The van der Waals surface area contributed by atoms with Crippen LogP contribution in [-0.2, 0) is 13.5 Å². The maximum Gasteiger partial charge on any atom is 0.141 e. The van der Waals surface area contributed by atoms with Crippen LogP contribution < -0.4 is 0 Å². The molecule has 5 heteroatoms. The quantitative estimate of drug-likeness (QED) is 0.914. The highest BCUT2D eigenvalue weighted by atomic mass is 35.5. The van der Waals surface area contributed by atoms with Crippen molar-refractivity contribution in [1.29, 1.82) is 0 Å². The number of aryl methyl sites for hydroxylation is 1. The third-order valence-electron chi connectivity index (χ3n) is 2.61. The van der Waals surface area contributed by atoms with Crippen LogP contribution >= 0.6 is 11.6 Å². The van der Waals surface area contributed by atoms with E-state index >= 15 is 0 Å². The average molecular weight is 255 g/mol. The third-order valence-corrected chi connectivity index (χ3v) is 2.90. The molecule has 0 aliphatic heterocycles. The lowest BCUT2D eigenvalue weighted by Gasteiger charge is -2.11. The van der Waals surface area contributed by atoms with Crippen LogP contribution in [0.4, 0.5) is 4.39 Å². The number of halogens is 2. The second-order valence-electron chi connectivity index (χ2n) is 3.90. The van der Waals surface area contributed by atoms with Crippen LogP contribution in [0.5, 0.6) is 0 Å². The summed E-state index contributed by atoms with van der Waals surface area (Å²) < 4.78 is 14.7. The second-order valence-corrected chi connectivity index (χ2v) is 4.30. The van der Waals surface area contributed by atoms with Crippen LogP contribution in [0.2, 0.25) is 5.02 Å². The Morgan fingerprint density at radius 2 is 2.29 bits per heavy atom. The van der Waals surface area contributed by atoms with Gasteiger partial charge in [-0.25, -0.2) is 9.37 Å². The van der Waals surface area contributed by atoms with Gasteiger partial charge in [0.2, 0.25) is 0 Å². The first-order chi connectivity index (χ1) is 8.08. The summed E-state index contributed by atoms with van der Waals surface area (Å²) in [6.07, 6.45) is 2.93. The van der Waals surface area contributed by atoms with E-state index in [0.717, 1.165) is 5.56 Å². The number of rotatable bonds is 3. The zero-order valence-electron chi connectivity index (χ0n) is 9.27. The minimum atomic E-state index is -0.677. The lowest BCUT2D eigenvalue weighted by atomic mass is 10.1. The van der Waals surface area contributed by atoms with Gasteiger partial charge in [0, 0.05) is 13.5 Å². The highest BCUT2D eigenvalue weighted by Crippen LogP contribution is 2.21. The molecule has 2 aromatic rings. The zero-order valence-corrected chi connectivity index (χ0v) is 10.0. The molecule has 0 spiro atoms. The summed E-state index contributed by atoms with van der Waals surface area (Å²) in [4.78, 5) is 3.93. The molecule has 0 saturated heterocycles. The molecule has 0 radical (unpaired) electrons. The summed E-state index contributed by atoms with van der Waals surface area (Å²) in [7, 11) is 1.81. The Bertz CT molecular complexity index is 527. The van der Waals surface area contributed by atoms with E-state index in [1.165, 1.54) is 12.1 Å². The van der Waals surface area contributed by atoms with Crippen LogP contribution in [0.3, 0.4) is 0 Å². The van der Waals surface area contributed by atoms with Gasteiger partial charge in [0.15, 0.2) is 0 Å². The minimum Gasteiger partial charge on any atom is -0.386 e. The molecule has 0 fully saturated rings. The fourth-order valence-electron chi connectivity index (χ4n) is 1.68. The fourth-order valence-corrected chi connectivity index (χ4v) is 1.89. The molecule has 1 heterocycles. The van der Waals surface area contributed by atoms with Gasteiger partial charge < -0.3 is 9.67 Å². The summed E-state index contributed by atoms with van der Waals surface area (Å²) in [5.74, 6) is -0.453. The summed E-state index contributed by atoms with van der Waals surface area (Å²) >= 11 is 5.68. The normalized spacial score (nSPS) is 12.7. The Kier molecular flexibility index (Phi) is 3.45. The van der Waals surface area contributed by atoms with Gasteiger partial charge in [-0.1, -0.05) is 17.7 Å². The molecule has 90 valence electrons. The lowest BCUT2D eigenvalue weighted by molar-refractivity contribution is 0.170. The van der Waals surface area contributed by atoms with Gasteiger partial charge in [0.25, 0.3) is 0 Å². The number of nitrogens with zero attached hydrogens (tertiary/aromatic N) is 2. The molecule has 1 N–H and O–H groups in total. The Hall–Kier alpha value is -1.39. The summed E-state index contributed by atoms with van der Waals surface area (Å²) in [5.41, 5.74) is 1.50. The molecule has 1 aromatic carbocycles. The SMILES string of the molecule is Cn1cncc1C(O)Cc1ccc(F)c(Cl)c1. The number of hydrogen-bond acceptors (Lipinski definition) is 2. The van der Waals surface area contributed by atoms with E-state index in [2.05, 4.69) is 4.98 Å². The first-order valence-corrected chi connectivity index (χ1v) is 5.54. The topological polar surface area (TPSA) is 38.0 Å². The molecule has 0 saturated carbocycles. The van der Waals surface area contributed by atoms with Gasteiger partial charge in [-0.05, 0) is 17.7 Å². The number of imidazole rings is 1. The number of aromatic nitrogens is 2. The lowest BCUT2D eigenvalue weighted by Crippen LogP contribution is -2.06. The first-order valence-electron chi connectivity index (χ1n) is 5.16. The van der Waals surface area contributed by atoms with E-state index in [9.17, 15) is 9.50 Å². The van der Waals surface area contributed by atoms with Crippen molar-refractivity contribution in [2.45, 2.75) is 12.5 Å². The largest absolute Gasteiger partial charge is 0.386 e. The van der Waals surface area contributed by atoms with E-state index in [1.54, 1.807) is 23.2 Å². The molecule has 1 atom stereocenters. The van der Waals surface area contributed by atoms with Crippen LogP contribution in [0.1, 0.15) is 17.4 Å². The Morgan fingerprint density at radius 1 is 1.53 bits per heavy atom. The highest BCUT2D eigenvalue weighted by molar-refractivity contribution is 6.30. The monoisotopic (exact) mass is 254 g/mol. The summed E-state index contributed by atoms with van der Waals surface area (Å²) in [6.45, 7) is 0. The van der Waals surface area contributed by atoms with Gasteiger partial charge in [0.1, 0.15) is 5.82 Å². The molecule has 0 amide bonds. The maximum atomic E-state index is 13.0. The summed E-state index contributed by atoms with van der Waals surface area (Å²) in [5, 5.41) is 10.1. The van der Waals surface area contributed by atoms with Crippen molar-refractivity contribution in [2.75, 3.05) is 0 Å². The van der Waals surface area contributed by atoms with E-state index in [-0.39, 0.29) is 5.02 Å². The predicted molar refractivity (Wildman–Crippen MR) is 63.3 cm³/mol. The Balaban J connectivity index is 2.16. The smallest absolute Gasteiger partial charge is 0.141 e. The molecule has 0 aliphatic carbocycles. The van der Waals surface area contributed by atoms with Crippen molar-refractivity contribution in [3.8, 4) is 0 Å². The molecular weight excluding hydrogens is 243 g/mol. The van der Waals surface area contributed by atoms with Crippen LogP contribution in [0.15, 0.2) is 30.7 Å². The molecule has 1 aromatic heterocycles. The first kappa shape index (κ1) is 12.1. The molecule has 17 heavy (non-hydrogen) atoms. The van der Waals surface area contributed by atoms with E-state index in [4.69, 9.17) is 11.6 Å². The van der Waals surface area contributed by atoms with Crippen molar-refractivity contribution >= 4 is 11.6 Å². The Labute approximate surface area is 103 Å². The standard InChI is InChI=1S/C12H12ClFN2O/c1-16-7-15-6-11(16)12(17)5-8-2-3-10(14)9(13)4-8/h2-4,6-7,12,17H,5H2,1H3. The number of benzene rings is 1. The molecule has 1 unspecified atom stereocenters. The number of aliphatic hydroxyl groups excluding tert-OH is 1. The highest BCUT2D eigenvalue weighted by Gasteiger charge is 2.12. The van der Waals surface area contributed by atoms with Gasteiger partial charge >= 0.3 is 0 Å². The van der Waals surface area contributed by atoms with Gasteiger partial charge in [-0.2, -0.15) is 0 Å². The van der Waals surface area contributed by atoms with Crippen LogP contribution in [0, 0.1) is 5.82 Å². The Morgan fingerprint density at radius 3 is 2.88 bits per heavy atom. The number of aliphatic hydroxyl groups is 1. The third kappa shape index (κ3) is 2.65.